The lowest BCUT2D eigenvalue weighted by Gasteiger charge is -2.40. The Bertz CT molecular complexity index is 1600. The van der Waals surface area contributed by atoms with Crippen LogP contribution in [0.4, 0.5) is 17.1 Å². The topological polar surface area (TPSA) is 102 Å². The van der Waals surface area contributed by atoms with Crippen LogP contribution >= 0.6 is 0 Å². The van der Waals surface area contributed by atoms with Crippen molar-refractivity contribution >= 4 is 28.9 Å². The molecule has 0 saturated heterocycles. The molecule has 9 heteroatoms. The Morgan fingerprint density at radius 1 is 0.976 bits per heavy atom. The maximum absolute atomic E-state index is 13.3. The van der Waals surface area contributed by atoms with E-state index in [2.05, 4.69) is 15.6 Å². The normalized spacial score (nSPS) is 13.6. The van der Waals surface area contributed by atoms with Crippen molar-refractivity contribution in [1.29, 1.82) is 0 Å². The summed E-state index contributed by atoms with van der Waals surface area (Å²) in [7, 11) is 4.98. The van der Waals surface area contributed by atoms with E-state index in [9.17, 15) is 9.59 Å². The number of aromatic nitrogens is 1. The van der Waals surface area contributed by atoms with E-state index in [-0.39, 0.29) is 5.91 Å². The summed E-state index contributed by atoms with van der Waals surface area (Å²) in [5.41, 5.74) is 4.54. The van der Waals surface area contributed by atoms with Crippen LogP contribution in [0.1, 0.15) is 29.8 Å². The number of likely N-dealkylation sites (N-methyl/N-ethyl adjacent to an activating group) is 1. The molecule has 9 nitrogen and oxygen atoms in total. The SMILES string of the molecule is COc1ccccc1NCc1c(-c2ccc(OC(=O)c3cccnc3)cc2OC)ccc2c1N(C)C(=O)C(C)(C)N2. The first-order chi connectivity index (χ1) is 19.7. The van der Waals surface area contributed by atoms with Gasteiger partial charge in [0.05, 0.1) is 36.8 Å². The van der Waals surface area contributed by atoms with Crippen LogP contribution in [0.25, 0.3) is 11.1 Å². The van der Waals surface area contributed by atoms with E-state index in [0.717, 1.165) is 33.8 Å². The van der Waals surface area contributed by atoms with E-state index in [0.29, 0.717) is 29.4 Å². The molecule has 0 fully saturated rings. The van der Waals surface area contributed by atoms with Crippen LogP contribution in [0.3, 0.4) is 0 Å². The number of hydrogen-bond donors (Lipinski definition) is 2. The Morgan fingerprint density at radius 2 is 1.73 bits per heavy atom. The number of esters is 1. The lowest BCUT2D eigenvalue weighted by molar-refractivity contribution is -0.121. The van der Waals surface area contributed by atoms with Crippen molar-refractivity contribution < 1.29 is 23.8 Å². The number of amides is 1. The number of ether oxygens (including phenoxy) is 3. The molecule has 0 aliphatic carbocycles. The Kier molecular flexibility index (Phi) is 7.52. The number of fused-ring (bicyclic) bond motifs is 1. The van der Waals surface area contributed by atoms with Crippen LogP contribution in [-0.4, -0.2) is 43.7 Å². The van der Waals surface area contributed by atoms with Crippen molar-refractivity contribution in [3.63, 3.8) is 0 Å². The second-order valence-electron chi connectivity index (χ2n) is 10.1. The molecule has 41 heavy (non-hydrogen) atoms. The maximum Gasteiger partial charge on any atom is 0.345 e. The lowest BCUT2D eigenvalue weighted by atomic mass is 9.91. The summed E-state index contributed by atoms with van der Waals surface area (Å²) in [5, 5.41) is 6.88. The standard InChI is InChI=1S/C32H32N4O5/c1-32(2)31(38)36(3)29-24(19-34-25-10-6-7-11-27(25)39-4)22(14-15-26(29)35-32)23-13-12-21(17-28(23)40-5)41-30(37)20-9-8-16-33-18-20/h6-18,34-35H,19H2,1-5H3. The zero-order valence-corrected chi connectivity index (χ0v) is 23.6. The molecule has 0 unspecified atom stereocenters. The van der Waals surface area contributed by atoms with E-state index in [1.165, 1.54) is 6.20 Å². The van der Waals surface area contributed by atoms with Crippen molar-refractivity contribution in [2.24, 2.45) is 0 Å². The van der Waals surface area contributed by atoms with Gasteiger partial charge < -0.3 is 29.7 Å². The number of rotatable bonds is 8. The second-order valence-corrected chi connectivity index (χ2v) is 10.1. The summed E-state index contributed by atoms with van der Waals surface area (Å²) in [5.74, 6) is 0.988. The molecule has 4 aromatic rings. The molecule has 0 radical (unpaired) electrons. The summed E-state index contributed by atoms with van der Waals surface area (Å²) in [4.78, 5) is 31.6. The quantitative estimate of drug-likeness (QED) is 0.210. The van der Waals surface area contributed by atoms with Gasteiger partial charge in [0.2, 0.25) is 0 Å². The summed E-state index contributed by atoms with van der Waals surface area (Å²) in [6.07, 6.45) is 3.05. The number of benzene rings is 3. The molecule has 2 heterocycles. The summed E-state index contributed by atoms with van der Waals surface area (Å²) >= 11 is 0. The Morgan fingerprint density at radius 3 is 2.46 bits per heavy atom. The molecule has 1 aliphatic rings. The second kappa shape index (κ2) is 11.2. The highest BCUT2D eigenvalue weighted by Gasteiger charge is 2.38. The van der Waals surface area contributed by atoms with Gasteiger partial charge in [-0.2, -0.15) is 0 Å². The predicted octanol–water partition coefficient (Wildman–Crippen LogP) is 5.76. The van der Waals surface area contributed by atoms with E-state index in [4.69, 9.17) is 14.2 Å². The van der Waals surface area contributed by atoms with Crippen LogP contribution in [0.5, 0.6) is 17.2 Å². The first-order valence-corrected chi connectivity index (χ1v) is 13.1. The smallest absolute Gasteiger partial charge is 0.345 e. The lowest BCUT2D eigenvalue weighted by Crippen LogP contribution is -2.52. The molecule has 0 atom stereocenters. The van der Waals surface area contributed by atoms with Crippen molar-refractivity contribution in [1.82, 2.24) is 4.98 Å². The average molecular weight is 553 g/mol. The molecule has 1 aliphatic heterocycles. The molecule has 210 valence electrons. The predicted molar refractivity (Wildman–Crippen MR) is 159 cm³/mol. The van der Waals surface area contributed by atoms with E-state index in [1.54, 1.807) is 56.6 Å². The van der Waals surface area contributed by atoms with Crippen LogP contribution in [0.2, 0.25) is 0 Å². The molecule has 0 spiro atoms. The van der Waals surface area contributed by atoms with Crippen molar-refractivity contribution in [2.75, 3.05) is 36.8 Å². The number of carbonyl (C=O) groups is 2. The van der Waals surface area contributed by atoms with Crippen LogP contribution in [-0.2, 0) is 11.3 Å². The monoisotopic (exact) mass is 552 g/mol. The fourth-order valence-electron chi connectivity index (χ4n) is 5.04. The molecule has 5 rings (SSSR count). The number of methoxy groups -OCH3 is 2. The molecule has 2 N–H and O–H groups in total. The number of hydrogen-bond acceptors (Lipinski definition) is 8. The van der Waals surface area contributed by atoms with Gasteiger partial charge in [-0.05, 0) is 61.9 Å². The average Bonchev–Trinajstić information content (AvgIpc) is 2.99. The van der Waals surface area contributed by atoms with E-state index >= 15 is 0 Å². The van der Waals surface area contributed by atoms with Gasteiger partial charge in [-0.15, -0.1) is 0 Å². The third-order valence-corrected chi connectivity index (χ3v) is 7.04. The van der Waals surface area contributed by atoms with Crippen molar-refractivity contribution in [2.45, 2.75) is 25.9 Å². The van der Waals surface area contributed by atoms with Gasteiger partial charge in [0.25, 0.3) is 5.91 Å². The minimum atomic E-state index is -0.756. The van der Waals surface area contributed by atoms with E-state index in [1.807, 2.05) is 56.3 Å². The fourth-order valence-corrected chi connectivity index (χ4v) is 5.04. The third kappa shape index (κ3) is 5.38. The Hall–Kier alpha value is -5.05. The van der Waals surface area contributed by atoms with Gasteiger partial charge >= 0.3 is 5.97 Å². The zero-order chi connectivity index (χ0) is 29.1. The number of carbonyl (C=O) groups excluding carboxylic acids is 2. The Labute approximate surface area is 239 Å². The minimum absolute atomic E-state index is 0.0506. The first kappa shape index (κ1) is 27.5. The number of anilines is 3. The van der Waals surface area contributed by atoms with Gasteiger partial charge in [0.15, 0.2) is 0 Å². The van der Waals surface area contributed by atoms with Gasteiger partial charge in [0.1, 0.15) is 22.8 Å². The molecule has 1 aromatic heterocycles. The highest BCUT2D eigenvalue weighted by molar-refractivity contribution is 6.09. The number of nitrogens with one attached hydrogen (secondary N) is 2. The first-order valence-electron chi connectivity index (χ1n) is 13.1. The van der Waals surface area contributed by atoms with Gasteiger partial charge in [0, 0.05) is 43.2 Å². The van der Waals surface area contributed by atoms with Crippen molar-refractivity contribution in [3.8, 4) is 28.4 Å². The third-order valence-electron chi connectivity index (χ3n) is 7.04. The number of pyridine rings is 1. The molecule has 0 saturated carbocycles. The van der Waals surface area contributed by atoms with Crippen molar-refractivity contribution in [3.05, 3.63) is 90.3 Å². The fraction of sp³-hybridized carbons (Fsp3) is 0.219. The van der Waals surface area contributed by atoms with Gasteiger partial charge in [-0.1, -0.05) is 18.2 Å². The minimum Gasteiger partial charge on any atom is -0.496 e. The van der Waals surface area contributed by atoms with Crippen LogP contribution in [0.15, 0.2) is 79.1 Å². The van der Waals surface area contributed by atoms with E-state index < -0.39 is 11.5 Å². The number of nitrogens with zero attached hydrogens (tertiary/aromatic N) is 2. The Balaban J connectivity index is 1.58. The molecule has 3 aromatic carbocycles. The van der Waals surface area contributed by atoms with Gasteiger partial charge in [-0.3, -0.25) is 9.78 Å². The van der Waals surface area contributed by atoms with Crippen LogP contribution < -0.4 is 29.7 Å². The molecule has 0 bridgehead atoms. The highest BCUT2D eigenvalue weighted by atomic mass is 16.5. The van der Waals surface area contributed by atoms with Crippen LogP contribution in [0, 0.1) is 0 Å². The van der Waals surface area contributed by atoms with Gasteiger partial charge in [-0.25, -0.2) is 4.79 Å². The molecular formula is C32H32N4O5. The summed E-state index contributed by atoms with van der Waals surface area (Å²) in [6.45, 7) is 4.12. The molecular weight excluding hydrogens is 520 g/mol. The molecule has 1 amide bonds. The summed E-state index contributed by atoms with van der Waals surface area (Å²) < 4.78 is 16.9. The zero-order valence-electron chi connectivity index (χ0n) is 23.6. The highest BCUT2D eigenvalue weighted by Crippen LogP contribution is 2.45. The maximum atomic E-state index is 13.3. The summed E-state index contributed by atoms with van der Waals surface area (Å²) in [6, 6.07) is 20.2. The number of para-hydroxylation sites is 2. The largest absolute Gasteiger partial charge is 0.496 e.